The molecule has 0 spiro atoms. The molecule has 4 heteroatoms. The summed E-state index contributed by atoms with van der Waals surface area (Å²) in [7, 11) is 1.68. The lowest BCUT2D eigenvalue weighted by atomic mass is 10.1. The van der Waals surface area contributed by atoms with Crippen LogP contribution in [0.2, 0.25) is 0 Å². The summed E-state index contributed by atoms with van der Waals surface area (Å²) in [5.74, 6) is 0.767. The summed E-state index contributed by atoms with van der Waals surface area (Å²) < 4.78 is 5.53. The van der Waals surface area contributed by atoms with E-state index in [9.17, 15) is 4.79 Å². The molecule has 1 rings (SSSR count). The van der Waals surface area contributed by atoms with E-state index in [4.69, 9.17) is 9.84 Å². The minimum atomic E-state index is -0.0205. The lowest BCUT2D eigenvalue weighted by molar-refractivity contribution is -0.130. The third-order valence-corrected chi connectivity index (χ3v) is 2.92. The van der Waals surface area contributed by atoms with Crippen molar-refractivity contribution in [2.75, 3.05) is 26.8 Å². The van der Waals surface area contributed by atoms with E-state index in [0.717, 1.165) is 5.75 Å². The fourth-order valence-corrected chi connectivity index (χ4v) is 1.53. The Labute approximate surface area is 108 Å². The van der Waals surface area contributed by atoms with E-state index >= 15 is 0 Å². The molecule has 0 fully saturated rings. The maximum absolute atomic E-state index is 11.6. The van der Waals surface area contributed by atoms with E-state index in [1.54, 1.807) is 7.05 Å². The van der Waals surface area contributed by atoms with E-state index in [-0.39, 0.29) is 12.5 Å². The Morgan fingerprint density at radius 3 is 2.67 bits per heavy atom. The zero-order valence-corrected chi connectivity index (χ0v) is 11.3. The number of carbonyl (C=O) groups excluding carboxylic acids is 1. The molecule has 0 aliphatic carbocycles. The van der Waals surface area contributed by atoms with Gasteiger partial charge in [-0.3, -0.25) is 4.79 Å². The van der Waals surface area contributed by atoms with Crippen molar-refractivity contribution in [3.05, 3.63) is 29.3 Å². The van der Waals surface area contributed by atoms with Gasteiger partial charge >= 0.3 is 0 Å². The number of likely N-dealkylation sites (N-methyl/N-ethyl adjacent to an activating group) is 1. The van der Waals surface area contributed by atoms with Crippen molar-refractivity contribution in [3.8, 4) is 5.75 Å². The molecule has 0 radical (unpaired) electrons. The first-order valence-corrected chi connectivity index (χ1v) is 6.09. The fraction of sp³-hybridized carbons (Fsp3) is 0.500. The van der Waals surface area contributed by atoms with Crippen LogP contribution < -0.4 is 4.74 Å². The summed E-state index contributed by atoms with van der Waals surface area (Å²) in [4.78, 5) is 13.1. The van der Waals surface area contributed by atoms with Crippen LogP contribution >= 0.6 is 0 Å². The smallest absolute Gasteiger partial charge is 0.225 e. The van der Waals surface area contributed by atoms with Gasteiger partial charge in [0.1, 0.15) is 5.75 Å². The molecular weight excluding hydrogens is 230 g/mol. The molecule has 1 N–H and O–H groups in total. The zero-order chi connectivity index (χ0) is 13.5. The lowest BCUT2D eigenvalue weighted by Crippen LogP contribution is -2.30. The van der Waals surface area contributed by atoms with Crippen molar-refractivity contribution in [2.45, 2.75) is 20.3 Å². The third kappa shape index (κ3) is 4.37. The van der Waals surface area contributed by atoms with Crippen LogP contribution in [0, 0.1) is 13.8 Å². The van der Waals surface area contributed by atoms with Gasteiger partial charge in [-0.2, -0.15) is 0 Å². The molecule has 1 aromatic rings. The number of hydrogen-bond donors (Lipinski definition) is 1. The highest BCUT2D eigenvalue weighted by molar-refractivity contribution is 5.75. The van der Waals surface area contributed by atoms with Crippen LogP contribution in [0.25, 0.3) is 0 Å². The molecule has 0 aliphatic rings. The molecule has 1 aromatic carbocycles. The van der Waals surface area contributed by atoms with Gasteiger partial charge in [0, 0.05) is 13.6 Å². The molecule has 0 bridgehead atoms. The van der Waals surface area contributed by atoms with Crippen molar-refractivity contribution >= 4 is 5.91 Å². The Hall–Kier alpha value is -1.55. The van der Waals surface area contributed by atoms with Crippen molar-refractivity contribution in [1.82, 2.24) is 4.90 Å². The van der Waals surface area contributed by atoms with Crippen LogP contribution in [-0.2, 0) is 4.79 Å². The van der Waals surface area contributed by atoms with E-state index in [0.29, 0.717) is 19.6 Å². The van der Waals surface area contributed by atoms with E-state index in [1.165, 1.54) is 16.0 Å². The van der Waals surface area contributed by atoms with Crippen molar-refractivity contribution in [3.63, 3.8) is 0 Å². The Bertz CT molecular complexity index is 404. The van der Waals surface area contributed by atoms with Crippen LogP contribution in [0.4, 0.5) is 0 Å². The molecule has 100 valence electrons. The fourth-order valence-electron chi connectivity index (χ4n) is 1.53. The maximum Gasteiger partial charge on any atom is 0.225 e. The van der Waals surface area contributed by atoms with Crippen molar-refractivity contribution in [2.24, 2.45) is 0 Å². The number of aryl methyl sites for hydroxylation is 2. The van der Waals surface area contributed by atoms with Gasteiger partial charge in [0.15, 0.2) is 0 Å². The minimum absolute atomic E-state index is 0.0136. The van der Waals surface area contributed by atoms with Gasteiger partial charge in [-0.05, 0) is 37.1 Å². The van der Waals surface area contributed by atoms with Crippen LogP contribution in [-0.4, -0.2) is 42.7 Å². The largest absolute Gasteiger partial charge is 0.493 e. The number of rotatable bonds is 6. The number of aliphatic hydroxyl groups is 1. The Morgan fingerprint density at radius 2 is 2.06 bits per heavy atom. The number of hydrogen-bond acceptors (Lipinski definition) is 3. The van der Waals surface area contributed by atoms with E-state index < -0.39 is 0 Å². The molecule has 0 aromatic heterocycles. The predicted octanol–water partition coefficient (Wildman–Crippen LogP) is 1.52. The highest BCUT2D eigenvalue weighted by atomic mass is 16.5. The first kappa shape index (κ1) is 14.5. The minimum Gasteiger partial charge on any atom is -0.493 e. The normalized spacial score (nSPS) is 10.2. The van der Waals surface area contributed by atoms with Gasteiger partial charge in [0.2, 0.25) is 5.91 Å². The van der Waals surface area contributed by atoms with Gasteiger partial charge in [-0.25, -0.2) is 0 Å². The second kappa shape index (κ2) is 7.01. The quantitative estimate of drug-likeness (QED) is 0.834. The van der Waals surface area contributed by atoms with Gasteiger partial charge in [-0.15, -0.1) is 0 Å². The molecule has 0 atom stereocenters. The molecule has 4 nitrogen and oxygen atoms in total. The summed E-state index contributed by atoms with van der Waals surface area (Å²) >= 11 is 0. The van der Waals surface area contributed by atoms with Gasteiger partial charge in [-0.1, -0.05) is 6.07 Å². The van der Waals surface area contributed by atoms with Crippen LogP contribution in [0.3, 0.4) is 0 Å². The molecule has 1 amide bonds. The highest BCUT2D eigenvalue weighted by Gasteiger charge is 2.07. The molecule has 0 unspecified atom stereocenters. The molecule has 18 heavy (non-hydrogen) atoms. The third-order valence-electron chi connectivity index (χ3n) is 2.92. The van der Waals surface area contributed by atoms with Gasteiger partial charge < -0.3 is 14.7 Å². The summed E-state index contributed by atoms with van der Waals surface area (Å²) in [6.45, 7) is 4.79. The first-order chi connectivity index (χ1) is 8.54. The topological polar surface area (TPSA) is 49.8 Å². The molecule has 0 saturated carbocycles. The van der Waals surface area contributed by atoms with Crippen molar-refractivity contribution < 1.29 is 14.6 Å². The first-order valence-electron chi connectivity index (χ1n) is 6.09. The Balaban J connectivity index is 2.37. The number of aliphatic hydroxyl groups excluding tert-OH is 1. The summed E-state index contributed by atoms with van der Waals surface area (Å²) in [6, 6.07) is 5.88. The summed E-state index contributed by atoms with van der Waals surface area (Å²) in [5, 5.41) is 8.72. The average Bonchev–Trinajstić information content (AvgIpc) is 2.34. The van der Waals surface area contributed by atoms with E-state index in [1.807, 2.05) is 32.0 Å². The van der Waals surface area contributed by atoms with Crippen LogP contribution in [0.15, 0.2) is 18.2 Å². The summed E-state index contributed by atoms with van der Waals surface area (Å²) in [5.41, 5.74) is 2.40. The SMILES string of the molecule is Cc1ccc(OCCC(=O)N(C)CCO)cc1C. The van der Waals surface area contributed by atoms with Crippen LogP contribution in [0.5, 0.6) is 5.75 Å². The number of amides is 1. The Morgan fingerprint density at radius 1 is 1.33 bits per heavy atom. The van der Waals surface area contributed by atoms with Crippen molar-refractivity contribution in [1.29, 1.82) is 0 Å². The standard InChI is InChI=1S/C14H21NO3/c1-11-4-5-13(10-12(11)2)18-9-6-14(17)15(3)7-8-16/h4-5,10,16H,6-9H2,1-3H3. The predicted molar refractivity (Wildman–Crippen MR) is 70.8 cm³/mol. The molecular formula is C14H21NO3. The van der Waals surface area contributed by atoms with Gasteiger partial charge in [0.05, 0.1) is 19.6 Å². The number of ether oxygens (including phenoxy) is 1. The van der Waals surface area contributed by atoms with Crippen LogP contribution in [0.1, 0.15) is 17.5 Å². The van der Waals surface area contributed by atoms with Gasteiger partial charge in [0.25, 0.3) is 0 Å². The number of nitrogens with zero attached hydrogens (tertiary/aromatic N) is 1. The second-order valence-electron chi connectivity index (χ2n) is 4.38. The average molecular weight is 251 g/mol. The zero-order valence-electron chi connectivity index (χ0n) is 11.3. The number of carbonyl (C=O) groups is 1. The number of benzene rings is 1. The highest BCUT2D eigenvalue weighted by Crippen LogP contribution is 2.16. The molecule has 0 heterocycles. The lowest BCUT2D eigenvalue weighted by Gasteiger charge is -2.15. The summed E-state index contributed by atoms with van der Waals surface area (Å²) in [6.07, 6.45) is 0.323. The Kier molecular flexibility index (Phi) is 5.65. The maximum atomic E-state index is 11.6. The monoisotopic (exact) mass is 251 g/mol. The molecule has 0 aliphatic heterocycles. The van der Waals surface area contributed by atoms with E-state index in [2.05, 4.69) is 0 Å². The second-order valence-corrected chi connectivity index (χ2v) is 4.38. The molecule has 0 saturated heterocycles.